The molecule has 0 bridgehead atoms. The van der Waals surface area contributed by atoms with Gasteiger partial charge in [0.15, 0.2) is 0 Å². The molecule has 0 fully saturated rings. The fourth-order valence-electron chi connectivity index (χ4n) is 3.10. The molecule has 0 aromatic heterocycles. The van der Waals surface area contributed by atoms with E-state index in [2.05, 4.69) is 4.74 Å². The molecule has 176 valence electrons. The Balaban J connectivity index is 1.73. The first kappa shape index (κ1) is 24.2. The average molecular weight is 487 g/mol. The minimum Gasteiger partial charge on any atom is -0.406 e. The summed E-state index contributed by atoms with van der Waals surface area (Å²) in [6.45, 7) is -0.356. The molecule has 0 saturated carbocycles. The van der Waals surface area contributed by atoms with Crippen molar-refractivity contribution in [1.29, 1.82) is 0 Å². The molecule has 0 aliphatic carbocycles. The summed E-state index contributed by atoms with van der Waals surface area (Å²) in [5, 5.41) is 8.95. The Morgan fingerprint density at radius 1 is 1.03 bits per heavy atom. The maximum Gasteiger partial charge on any atom is 0.573 e. The number of benzene rings is 2. The highest BCUT2D eigenvalue weighted by atomic mass is 32.2. The van der Waals surface area contributed by atoms with Crippen LogP contribution in [-0.2, 0) is 14.8 Å². The van der Waals surface area contributed by atoms with Gasteiger partial charge in [0.05, 0.1) is 16.0 Å². The highest BCUT2D eigenvalue weighted by Gasteiger charge is 2.36. The summed E-state index contributed by atoms with van der Waals surface area (Å²) in [5.74, 6) is -3.08. The number of halogens is 3. The summed E-state index contributed by atoms with van der Waals surface area (Å²) >= 11 is 0. The van der Waals surface area contributed by atoms with Gasteiger partial charge in [0.25, 0.3) is 17.7 Å². The Labute approximate surface area is 185 Å². The Morgan fingerprint density at radius 2 is 1.58 bits per heavy atom. The van der Waals surface area contributed by atoms with Crippen LogP contribution in [0.25, 0.3) is 0 Å². The molecular formula is C19H16F3N3O7S. The van der Waals surface area contributed by atoms with Gasteiger partial charge in [-0.25, -0.2) is 13.9 Å². The fraction of sp³-hybridized carbons (Fsp3) is 0.211. The van der Waals surface area contributed by atoms with E-state index in [0.29, 0.717) is 0 Å². The lowest BCUT2D eigenvalue weighted by Gasteiger charge is -2.20. The van der Waals surface area contributed by atoms with E-state index in [1.54, 1.807) is 12.1 Å². The number of carbonyl (C=O) groups is 3. The van der Waals surface area contributed by atoms with Crippen LogP contribution in [0.2, 0.25) is 0 Å². The summed E-state index contributed by atoms with van der Waals surface area (Å²) < 4.78 is 67.6. The van der Waals surface area contributed by atoms with E-state index in [4.69, 9.17) is 5.21 Å². The minimum absolute atomic E-state index is 0.160. The SMILES string of the molecule is O=C(NO)C(CCN1C(=O)c2ccccc2C1=O)NS(=O)(=O)c1ccc(OC(F)(F)F)cc1. The molecule has 0 spiro atoms. The van der Waals surface area contributed by atoms with Crippen LogP contribution in [0.5, 0.6) is 5.75 Å². The second-order valence-electron chi connectivity index (χ2n) is 6.77. The number of nitrogens with zero attached hydrogens (tertiary/aromatic N) is 1. The van der Waals surface area contributed by atoms with Crippen molar-refractivity contribution in [3.8, 4) is 5.75 Å². The van der Waals surface area contributed by atoms with Crippen molar-refractivity contribution in [2.24, 2.45) is 0 Å². The van der Waals surface area contributed by atoms with Crippen LogP contribution in [0.1, 0.15) is 27.1 Å². The Morgan fingerprint density at radius 3 is 2.06 bits per heavy atom. The van der Waals surface area contributed by atoms with Gasteiger partial charge in [-0.2, -0.15) is 4.72 Å². The Bertz CT molecular complexity index is 1150. The fourth-order valence-corrected chi connectivity index (χ4v) is 4.33. The quantitative estimate of drug-likeness (QED) is 0.290. The third kappa shape index (κ3) is 5.47. The van der Waals surface area contributed by atoms with E-state index in [-0.39, 0.29) is 17.7 Å². The lowest BCUT2D eigenvalue weighted by atomic mass is 10.1. The summed E-state index contributed by atoms with van der Waals surface area (Å²) in [4.78, 5) is 37.2. The molecule has 1 heterocycles. The molecule has 33 heavy (non-hydrogen) atoms. The van der Waals surface area contributed by atoms with Crippen LogP contribution in [0.3, 0.4) is 0 Å². The molecule has 1 atom stereocenters. The minimum atomic E-state index is -4.97. The van der Waals surface area contributed by atoms with Crippen LogP contribution < -0.4 is 14.9 Å². The topological polar surface area (TPSA) is 142 Å². The molecule has 3 amide bonds. The molecule has 2 aromatic carbocycles. The van der Waals surface area contributed by atoms with Gasteiger partial charge in [0.2, 0.25) is 10.0 Å². The first-order chi connectivity index (χ1) is 15.4. The first-order valence-corrected chi connectivity index (χ1v) is 10.7. The maximum absolute atomic E-state index is 12.6. The smallest absolute Gasteiger partial charge is 0.406 e. The highest BCUT2D eigenvalue weighted by molar-refractivity contribution is 7.89. The zero-order valence-electron chi connectivity index (χ0n) is 16.5. The number of fused-ring (bicyclic) bond motifs is 1. The van der Waals surface area contributed by atoms with Crippen molar-refractivity contribution in [2.45, 2.75) is 23.7 Å². The number of hydrogen-bond acceptors (Lipinski definition) is 7. The van der Waals surface area contributed by atoms with Crippen LogP contribution in [0.15, 0.2) is 53.4 Å². The zero-order chi connectivity index (χ0) is 24.4. The lowest BCUT2D eigenvalue weighted by Crippen LogP contribution is -2.47. The van der Waals surface area contributed by atoms with Crippen LogP contribution in [-0.4, -0.2) is 55.2 Å². The van der Waals surface area contributed by atoms with E-state index >= 15 is 0 Å². The molecule has 1 unspecified atom stereocenters. The molecule has 1 aliphatic heterocycles. The molecule has 3 N–H and O–H groups in total. The van der Waals surface area contributed by atoms with E-state index in [1.165, 1.54) is 17.6 Å². The van der Waals surface area contributed by atoms with E-state index in [9.17, 15) is 36.0 Å². The van der Waals surface area contributed by atoms with Gasteiger partial charge in [0, 0.05) is 6.54 Å². The monoisotopic (exact) mass is 487 g/mol. The van der Waals surface area contributed by atoms with Gasteiger partial charge in [-0.3, -0.25) is 24.5 Å². The maximum atomic E-state index is 12.6. The summed E-state index contributed by atoms with van der Waals surface area (Å²) in [6.07, 6.45) is -5.36. The number of alkyl halides is 3. The second kappa shape index (κ2) is 9.17. The van der Waals surface area contributed by atoms with Crippen LogP contribution in [0.4, 0.5) is 13.2 Å². The third-order valence-electron chi connectivity index (χ3n) is 4.61. The molecular weight excluding hydrogens is 471 g/mol. The summed E-state index contributed by atoms with van der Waals surface area (Å²) in [5.41, 5.74) is 1.61. The number of hydroxylamine groups is 1. The number of ether oxygens (including phenoxy) is 1. The summed E-state index contributed by atoms with van der Waals surface area (Å²) in [7, 11) is -4.45. The Kier molecular flexibility index (Phi) is 6.71. The number of hydrogen-bond donors (Lipinski definition) is 3. The highest BCUT2D eigenvalue weighted by Crippen LogP contribution is 2.25. The van der Waals surface area contributed by atoms with Gasteiger partial charge in [-0.05, 0) is 42.8 Å². The van der Waals surface area contributed by atoms with Gasteiger partial charge in [-0.1, -0.05) is 12.1 Å². The number of sulfonamides is 1. The van der Waals surface area contributed by atoms with Crippen molar-refractivity contribution in [3.63, 3.8) is 0 Å². The standard InChI is InChI=1S/C19H16F3N3O7S/c20-19(21,22)32-11-5-7-12(8-6-11)33(30,31)24-15(16(26)23-29)9-10-25-17(27)13-3-1-2-4-14(13)18(25)28/h1-8,15,24,29H,9-10H2,(H,23,26). The van der Waals surface area contributed by atoms with E-state index < -0.39 is 57.2 Å². The van der Waals surface area contributed by atoms with Crippen LogP contribution in [0, 0.1) is 0 Å². The largest absolute Gasteiger partial charge is 0.573 e. The predicted octanol–water partition coefficient (Wildman–Crippen LogP) is 1.42. The van der Waals surface area contributed by atoms with Gasteiger partial charge in [0.1, 0.15) is 11.8 Å². The second-order valence-corrected chi connectivity index (χ2v) is 8.48. The first-order valence-electron chi connectivity index (χ1n) is 9.20. The number of amides is 3. The molecule has 2 aromatic rings. The molecule has 10 nitrogen and oxygen atoms in total. The average Bonchev–Trinajstić information content (AvgIpc) is 3.00. The van der Waals surface area contributed by atoms with Gasteiger partial charge >= 0.3 is 6.36 Å². The normalized spacial score (nSPS) is 14.7. The third-order valence-corrected chi connectivity index (χ3v) is 6.10. The van der Waals surface area contributed by atoms with Gasteiger partial charge < -0.3 is 4.74 Å². The van der Waals surface area contributed by atoms with Gasteiger partial charge in [-0.15, -0.1) is 13.2 Å². The van der Waals surface area contributed by atoms with E-state index in [1.807, 2.05) is 4.72 Å². The summed E-state index contributed by atoms with van der Waals surface area (Å²) in [6, 6.07) is 7.58. The van der Waals surface area contributed by atoms with Crippen molar-refractivity contribution < 1.29 is 45.9 Å². The predicted molar refractivity (Wildman–Crippen MR) is 104 cm³/mol. The van der Waals surface area contributed by atoms with Crippen molar-refractivity contribution >= 4 is 27.7 Å². The Hall–Kier alpha value is -3.49. The molecule has 14 heteroatoms. The van der Waals surface area contributed by atoms with Crippen molar-refractivity contribution in [1.82, 2.24) is 15.1 Å². The molecule has 3 rings (SSSR count). The van der Waals surface area contributed by atoms with Crippen molar-refractivity contribution in [2.75, 3.05) is 6.54 Å². The number of rotatable bonds is 8. The molecule has 0 saturated heterocycles. The molecule has 1 aliphatic rings. The number of nitrogens with one attached hydrogen (secondary N) is 2. The zero-order valence-corrected chi connectivity index (χ0v) is 17.3. The molecule has 0 radical (unpaired) electrons. The number of imide groups is 1. The lowest BCUT2D eigenvalue weighted by molar-refractivity contribution is -0.274. The van der Waals surface area contributed by atoms with Crippen molar-refractivity contribution in [3.05, 3.63) is 59.7 Å². The number of carbonyl (C=O) groups excluding carboxylic acids is 3. The van der Waals surface area contributed by atoms with Crippen LogP contribution >= 0.6 is 0 Å². The van der Waals surface area contributed by atoms with E-state index in [0.717, 1.165) is 29.2 Å².